The lowest BCUT2D eigenvalue weighted by atomic mass is 9.85. The zero-order valence-corrected chi connectivity index (χ0v) is 15.7. The molecule has 2 aliphatic rings. The Balaban J connectivity index is 1.53. The molecule has 1 saturated carbocycles. The topological polar surface area (TPSA) is 58.6 Å². The van der Waals surface area contributed by atoms with Gasteiger partial charge in [-0.3, -0.25) is 0 Å². The summed E-state index contributed by atoms with van der Waals surface area (Å²) in [4.78, 5) is 25.2. The van der Waals surface area contributed by atoms with E-state index in [1.54, 1.807) is 4.90 Å². The molecule has 1 aliphatic heterocycles. The minimum Gasteiger partial charge on any atom is -0.444 e. The smallest absolute Gasteiger partial charge is 0.410 e. The van der Waals surface area contributed by atoms with E-state index in [9.17, 15) is 4.79 Å². The average molecular weight is 346 g/mol. The molecule has 0 bridgehead atoms. The van der Waals surface area contributed by atoms with Crippen LogP contribution in [-0.2, 0) is 4.74 Å². The Bertz CT molecular complexity index is 568. The summed E-state index contributed by atoms with van der Waals surface area (Å²) in [5.74, 6) is 1.40. The number of hydrogen-bond donors (Lipinski definition) is 0. The Kier molecular flexibility index (Phi) is 5.45. The first-order valence-corrected chi connectivity index (χ1v) is 9.47. The molecule has 25 heavy (non-hydrogen) atoms. The van der Waals surface area contributed by atoms with E-state index in [1.807, 2.05) is 33.2 Å². The summed E-state index contributed by atoms with van der Waals surface area (Å²) < 4.78 is 5.44. The van der Waals surface area contributed by atoms with Crippen LogP contribution in [0.3, 0.4) is 0 Å². The molecule has 2 fully saturated rings. The second kappa shape index (κ2) is 7.58. The van der Waals surface area contributed by atoms with Crippen molar-refractivity contribution in [1.82, 2.24) is 14.9 Å². The fraction of sp³-hybridized carbons (Fsp3) is 0.737. The molecule has 0 spiro atoms. The van der Waals surface area contributed by atoms with E-state index in [4.69, 9.17) is 4.74 Å². The molecule has 1 amide bonds. The van der Waals surface area contributed by atoms with Crippen LogP contribution in [0, 0.1) is 0 Å². The number of piperazine rings is 1. The van der Waals surface area contributed by atoms with Gasteiger partial charge in [0.05, 0.1) is 0 Å². The first-order valence-electron chi connectivity index (χ1n) is 9.47. The number of ether oxygens (including phenoxy) is 1. The molecule has 1 saturated heterocycles. The van der Waals surface area contributed by atoms with Gasteiger partial charge in [-0.25, -0.2) is 14.8 Å². The van der Waals surface area contributed by atoms with Gasteiger partial charge in [0.25, 0.3) is 0 Å². The maximum atomic E-state index is 12.1. The third-order valence-corrected chi connectivity index (χ3v) is 4.95. The molecule has 0 radical (unpaired) electrons. The lowest BCUT2D eigenvalue weighted by Crippen LogP contribution is -2.50. The molecule has 3 rings (SSSR count). The van der Waals surface area contributed by atoms with E-state index in [0.717, 1.165) is 19.0 Å². The van der Waals surface area contributed by atoms with Gasteiger partial charge < -0.3 is 14.5 Å². The maximum absolute atomic E-state index is 12.1. The van der Waals surface area contributed by atoms with Crippen molar-refractivity contribution in [3.63, 3.8) is 0 Å². The molecule has 0 atom stereocenters. The normalized spacial score (nSPS) is 19.8. The number of amides is 1. The summed E-state index contributed by atoms with van der Waals surface area (Å²) in [6, 6.07) is 0. The second-order valence-corrected chi connectivity index (χ2v) is 8.11. The minimum atomic E-state index is -0.452. The summed E-state index contributed by atoms with van der Waals surface area (Å²) in [6.07, 6.45) is 10.3. The third-order valence-electron chi connectivity index (χ3n) is 4.95. The van der Waals surface area contributed by atoms with Crippen LogP contribution in [0.25, 0.3) is 0 Å². The van der Waals surface area contributed by atoms with Gasteiger partial charge in [-0.2, -0.15) is 0 Å². The van der Waals surface area contributed by atoms with Gasteiger partial charge in [-0.1, -0.05) is 19.3 Å². The largest absolute Gasteiger partial charge is 0.444 e. The Morgan fingerprint density at radius 1 is 1.04 bits per heavy atom. The number of aromatic nitrogens is 2. The van der Waals surface area contributed by atoms with Gasteiger partial charge in [-0.05, 0) is 45.1 Å². The molecule has 6 nitrogen and oxygen atoms in total. The van der Waals surface area contributed by atoms with Crippen LogP contribution in [-0.4, -0.2) is 52.7 Å². The quantitative estimate of drug-likeness (QED) is 0.819. The molecule has 0 aromatic carbocycles. The van der Waals surface area contributed by atoms with Crippen molar-refractivity contribution in [2.45, 2.75) is 64.4 Å². The molecular formula is C19H30N4O2. The van der Waals surface area contributed by atoms with Gasteiger partial charge in [0.1, 0.15) is 5.60 Å². The van der Waals surface area contributed by atoms with E-state index in [-0.39, 0.29) is 6.09 Å². The predicted molar refractivity (Wildman–Crippen MR) is 97.9 cm³/mol. The fourth-order valence-corrected chi connectivity index (χ4v) is 3.56. The maximum Gasteiger partial charge on any atom is 0.410 e. The number of anilines is 1. The fourth-order valence-electron chi connectivity index (χ4n) is 3.56. The molecule has 2 heterocycles. The van der Waals surface area contributed by atoms with E-state index in [2.05, 4.69) is 14.9 Å². The molecule has 0 N–H and O–H groups in total. The van der Waals surface area contributed by atoms with Gasteiger partial charge in [0, 0.05) is 38.6 Å². The molecule has 1 aromatic heterocycles. The summed E-state index contributed by atoms with van der Waals surface area (Å²) in [5.41, 5.74) is 0.822. The zero-order chi connectivity index (χ0) is 17.9. The lowest BCUT2D eigenvalue weighted by molar-refractivity contribution is 0.0240. The molecule has 1 aromatic rings. The third kappa shape index (κ3) is 4.83. The van der Waals surface area contributed by atoms with Crippen molar-refractivity contribution < 1.29 is 9.53 Å². The second-order valence-electron chi connectivity index (χ2n) is 8.11. The molecule has 1 aliphatic carbocycles. The van der Waals surface area contributed by atoms with Crippen LogP contribution >= 0.6 is 0 Å². The first-order chi connectivity index (χ1) is 11.9. The van der Waals surface area contributed by atoms with Crippen molar-refractivity contribution in [2.75, 3.05) is 31.1 Å². The highest BCUT2D eigenvalue weighted by Gasteiger charge is 2.27. The van der Waals surface area contributed by atoms with Gasteiger partial charge in [0.2, 0.25) is 5.95 Å². The van der Waals surface area contributed by atoms with Crippen molar-refractivity contribution in [1.29, 1.82) is 0 Å². The molecule has 0 unspecified atom stereocenters. The van der Waals surface area contributed by atoms with Crippen LogP contribution in [0.5, 0.6) is 0 Å². The predicted octanol–water partition coefficient (Wildman–Crippen LogP) is 3.58. The number of rotatable bonds is 2. The number of hydrogen-bond acceptors (Lipinski definition) is 5. The van der Waals surface area contributed by atoms with E-state index < -0.39 is 5.60 Å². The SMILES string of the molecule is CC(C)(C)OC(=O)N1CCN(c2ncc(C3CCCCC3)cn2)CC1. The van der Waals surface area contributed by atoms with Crippen LogP contribution in [0.2, 0.25) is 0 Å². The summed E-state index contributed by atoms with van der Waals surface area (Å²) in [6.45, 7) is 8.43. The monoisotopic (exact) mass is 346 g/mol. The lowest BCUT2D eigenvalue weighted by Gasteiger charge is -2.35. The number of carbonyl (C=O) groups is 1. The van der Waals surface area contributed by atoms with Gasteiger partial charge in [0.15, 0.2) is 0 Å². The average Bonchev–Trinajstić information content (AvgIpc) is 2.61. The minimum absolute atomic E-state index is 0.235. The van der Waals surface area contributed by atoms with Crippen LogP contribution in [0.1, 0.15) is 64.4 Å². The van der Waals surface area contributed by atoms with Crippen LogP contribution < -0.4 is 4.90 Å². The van der Waals surface area contributed by atoms with Crippen LogP contribution in [0.15, 0.2) is 12.4 Å². The Morgan fingerprint density at radius 3 is 2.20 bits per heavy atom. The van der Waals surface area contributed by atoms with Gasteiger partial charge in [-0.15, -0.1) is 0 Å². The van der Waals surface area contributed by atoms with E-state index >= 15 is 0 Å². The van der Waals surface area contributed by atoms with E-state index in [1.165, 1.54) is 37.7 Å². The molecule has 138 valence electrons. The Morgan fingerprint density at radius 2 is 1.64 bits per heavy atom. The first kappa shape index (κ1) is 18.0. The van der Waals surface area contributed by atoms with Crippen molar-refractivity contribution in [3.8, 4) is 0 Å². The Hall–Kier alpha value is -1.85. The summed E-state index contributed by atoms with van der Waals surface area (Å²) >= 11 is 0. The number of carbonyl (C=O) groups excluding carboxylic acids is 1. The highest BCUT2D eigenvalue weighted by atomic mass is 16.6. The highest BCUT2D eigenvalue weighted by molar-refractivity contribution is 5.68. The van der Waals surface area contributed by atoms with Crippen molar-refractivity contribution in [2.24, 2.45) is 0 Å². The van der Waals surface area contributed by atoms with Crippen LogP contribution in [0.4, 0.5) is 10.7 Å². The molecular weight excluding hydrogens is 316 g/mol. The summed E-state index contributed by atoms with van der Waals surface area (Å²) in [7, 11) is 0. The standard InChI is InChI=1S/C19H30N4O2/c1-19(2,3)25-18(24)23-11-9-22(10-12-23)17-20-13-16(14-21-17)15-7-5-4-6-8-15/h13-15H,4-12H2,1-3H3. The summed E-state index contributed by atoms with van der Waals surface area (Å²) in [5, 5.41) is 0. The van der Waals surface area contributed by atoms with Crippen molar-refractivity contribution in [3.05, 3.63) is 18.0 Å². The molecule has 6 heteroatoms. The zero-order valence-electron chi connectivity index (χ0n) is 15.7. The van der Waals surface area contributed by atoms with Crippen molar-refractivity contribution >= 4 is 12.0 Å². The van der Waals surface area contributed by atoms with E-state index in [0.29, 0.717) is 19.0 Å². The highest BCUT2D eigenvalue weighted by Crippen LogP contribution is 2.32. The Labute approximate surface area is 150 Å². The number of nitrogens with zero attached hydrogens (tertiary/aromatic N) is 4. The van der Waals surface area contributed by atoms with Gasteiger partial charge >= 0.3 is 6.09 Å².